The lowest BCUT2D eigenvalue weighted by atomic mass is 10.0. The number of aliphatic hydroxyl groups excluding tert-OH is 1. The number of carbonyl (C=O) groups excluding carboxylic acids is 2. The number of Topliss-reactive ketones (excluding diaryl/α,β-unsaturated/α-hetero) is 2. The number of rotatable bonds is 9. The van der Waals surface area contributed by atoms with E-state index in [0.717, 1.165) is 54.9 Å². The predicted octanol–water partition coefficient (Wildman–Crippen LogP) is 5.06. The Labute approximate surface area is 213 Å². The molecule has 3 N–H and O–H groups in total. The number of hydrogen-bond donors (Lipinski definition) is 3. The van der Waals surface area contributed by atoms with Crippen LogP contribution in [-0.4, -0.2) is 60.8 Å². The summed E-state index contributed by atoms with van der Waals surface area (Å²) >= 11 is 0. The van der Waals surface area contributed by atoms with Gasteiger partial charge in [0.25, 0.3) is 0 Å². The Kier molecular flexibility index (Phi) is 17.7. The number of nitrogens with zero attached hydrogens (tertiary/aromatic N) is 1. The molecule has 0 spiro atoms. The van der Waals surface area contributed by atoms with Crippen molar-refractivity contribution in [1.82, 2.24) is 10.2 Å². The van der Waals surface area contributed by atoms with Crippen molar-refractivity contribution in [3.05, 3.63) is 52.6 Å². The number of para-hydroxylation sites is 1. The zero-order valence-corrected chi connectivity index (χ0v) is 23.3. The molecule has 2 rings (SSSR count). The van der Waals surface area contributed by atoms with Gasteiger partial charge >= 0.3 is 0 Å². The average molecular weight is 488 g/mol. The van der Waals surface area contributed by atoms with Crippen molar-refractivity contribution in [3.8, 4) is 0 Å². The van der Waals surface area contributed by atoms with E-state index < -0.39 is 0 Å². The number of piperidine rings is 1. The molecule has 6 nitrogen and oxygen atoms in total. The van der Waals surface area contributed by atoms with Crippen molar-refractivity contribution in [2.75, 3.05) is 38.5 Å². The van der Waals surface area contributed by atoms with E-state index in [9.17, 15) is 14.7 Å². The van der Waals surface area contributed by atoms with E-state index in [1.165, 1.54) is 12.0 Å². The highest BCUT2D eigenvalue weighted by atomic mass is 16.3. The van der Waals surface area contributed by atoms with Gasteiger partial charge in [0, 0.05) is 42.5 Å². The molecule has 0 bridgehead atoms. The second kappa shape index (κ2) is 19.0. The molecule has 0 saturated carbocycles. The van der Waals surface area contributed by atoms with Crippen molar-refractivity contribution in [2.24, 2.45) is 0 Å². The van der Waals surface area contributed by atoms with Crippen LogP contribution in [0.4, 0.5) is 5.69 Å². The molecule has 1 heterocycles. The molecular weight excluding hydrogens is 438 g/mol. The van der Waals surface area contributed by atoms with Crippen LogP contribution in [0.1, 0.15) is 71.9 Å². The second-order valence-electron chi connectivity index (χ2n) is 9.30. The van der Waals surface area contributed by atoms with Gasteiger partial charge in [-0.05, 0) is 60.1 Å². The molecule has 1 aliphatic heterocycles. The summed E-state index contributed by atoms with van der Waals surface area (Å²) in [7, 11) is 1.88. The minimum atomic E-state index is 0.0627. The van der Waals surface area contributed by atoms with Crippen LogP contribution in [0.3, 0.4) is 0 Å². The molecule has 1 saturated heterocycles. The summed E-state index contributed by atoms with van der Waals surface area (Å²) < 4.78 is 0. The normalized spacial score (nSPS) is 13.9. The Bertz CT molecular complexity index is 818. The number of aryl methyl sites for hydroxylation is 1. The highest BCUT2D eigenvalue weighted by Crippen LogP contribution is 2.24. The van der Waals surface area contributed by atoms with Crippen LogP contribution >= 0.6 is 0 Å². The average Bonchev–Trinajstić information content (AvgIpc) is 2.79. The van der Waals surface area contributed by atoms with E-state index >= 15 is 0 Å². The van der Waals surface area contributed by atoms with Crippen molar-refractivity contribution in [1.29, 1.82) is 0 Å². The first-order chi connectivity index (χ1) is 16.6. The highest BCUT2D eigenvalue weighted by molar-refractivity contribution is 5.96. The number of hydrogen-bond acceptors (Lipinski definition) is 6. The maximum absolute atomic E-state index is 11.1. The molecule has 1 aromatic rings. The first-order valence-electron chi connectivity index (χ1n) is 12.8. The molecule has 0 atom stereocenters. The number of benzene rings is 1. The molecule has 1 fully saturated rings. The third kappa shape index (κ3) is 14.0. The van der Waals surface area contributed by atoms with Crippen molar-refractivity contribution in [3.63, 3.8) is 0 Å². The van der Waals surface area contributed by atoms with Gasteiger partial charge in [0.15, 0.2) is 5.78 Å². The van der Waals surface area contributed by atoms with Gasteiger partial charge in [-0.3, -0.25) is 14.5 Å². The smallest absolute Gasteiger partial charge is 0.159 e. The number of likely N-dealkylation sites (tertiary alicyclic amines) is 1. The first kappa shape index (κ1) is 32.7. The molecule has 0 amide bonds. The fourth-order valence-electron chi connectivity index (χ4n) is 3.75. The van der Waals surface area contributed by atoms with Crippen LogP contribution in [0.15, 0.2) is 41.5 Å². The van der Waals surface area contributed by atoms with Crippen molar-refractivity contribution in [2.45, 2.75) is 80.4 Å². The van der Waals surface area contributed by atoms with Gasteiger partial charge in [-0.25, -0.2) is 0 Å². The predicted molar refractivity (Wildman–Crippen MR) is 149 cm³/mol. The molecule has 198 valence electrons. The van der Waals surface area contributed by atoms with Gasteiger partial charge in [-0.2, -0.15) is 0 Å². The quantitative estimate of drug-likeness (QED) is 0.334. The number of ketones is 2. The SMILES string of the molecule is CC(=O)CN1CCC(Nc2c(C)cccc2CO)CC1.CCC.CNC/C=C\C(C(C)=O)=C(C)C. The summed E-state index contributed by atoms with van der Waals surface area (Å²) in [6.45, 7) is 16.8. The molecule has 0 unspecified atom stereocenters. The van der Waals surface area contributed by atoms with Crippen LogP contribution < -0.4 is 10.6 Å². The van der Waals surface area contributed by atoms with Crippen LogP contribution in [0, 0.1) is 6.92 Å². The third-order valence-corrected chi connectivity index (χ3v) is 5.44. The Morgan fingerprint density at radius 2 is 1.71 bits per heavy atom. The molecular formula is C29H49N3O3. The van der Waals surface area contributed by atoms with E-state index in [-0.39, 0.29) is 18.2 Å². The number of allylic oxidation sites excluding steroid dienone is 3. The lowest BCUT2D eigenvalue weighted by Crippen LogP contribution is -2.41. The van der Waals surface area contributed by atoms with Crippen molar-refractivity contribution < 1.29 is 14.7 Å². The maximum atomic E-state index is 11.1. The zero-order valence-electron chi connectivity index (χ0n) is 23.3. The Morgan fingerprint density at radius 3 is 2.17 bits per heavy atom. The van der Waals surface area contributed by atoms with Gasteiger partial charge in [-0.1, -0.05) is 56.2 Å². The molecule has 35 heavy (non-hydrogen) atoms. The molecule has 0 aromatic heterocycles. The lowest BCUT2D eigenvalue weighted by Gasteiger charge is -2.33. The van der Waals surface area contributed by atoms with E-state index in [4.69, 9.17) is 0 Å². The summed E-state index contributed by atoms with van der Waals surface area (Å²) in [5.41, 5.74) is 5.07. The number of likely N-dealkylation sites (N-methyl/N-ethyl adjacent to an activating group) is 1. The van der Waals surface area contributed by atoms with Crippen LogP contribution in [0.5, 0.6) is 0 Å². The van der Waals surface area contributed by atoms with Gasteiger partial charge in [0.1, 0.15) is 5.78 Å². The molecule has 0 aliphatic carbocycles. The fourth-order valence-corrected chi connectivity index (χ4v) is 3.75. The Hall–Kier alpha value is -2.28. The number of nitrogens with one attached hydrogen (secondary N) is 2. The molecule has 1 aromatic carbocycles. The van der Waals surface area contributed by atoms with E-state index in [1.54, 1.807) is 13.8 Å². The minimum Gasteiger partial charge on any atom is -0.392 e. The second-order valence-corrected chi connectivity index (χ2v) is 9.30. The standard InChI is InChI=1S/C16H24N2O2.C10H17NO.C3H8/c1-12-4-3-5-14(11-19)16(12)17-15-6-8-18(9-7-15)10-13(2)20;1-8(2)10(9(3)12)6-5-7-11-4;1-3-2/h3-5,15,17,19H,6-11H2,1-2H3;5-6,11H,7H2,1-4H3;3H2,1-2H3/b;6-5-;. The molecule has 6 heteroatoms. The largest absolute Gasteiger partial charge is 0.392 e. The summed E-state index contributed by atoms with van der Waals surface area (Å²) in [6.07, 6.45) is 7.14. The molecule has 1 aliphatic rings. The third-order valence-electron chi connectivity index (χ3n) is 5.44. The van der Waals surface area contributed by atoms with Gasteiger partial charge in [0.05, 0.1) is 13.2 Å². The zero-order chi connectivity index (χ0) is 26.8. The summed E-state index contributed by atoms with van der Waals surface area (Å²) in [5, 5.41) is 16.0. The summed E-state index contributed by atoms with van der Waals surface area (Å²) in [5.74, 6) is 0.361. The fraction of sp³-hybridized carbons (Fsp3) is 0.586. The van der Waals surface area contributed by atoms with Crippen LogP contribution in [-0.2, 0) is 16.2 Å². The number of aliphatic hydroxyl groups is 1. The Morgan fingerprint density at radius 1 is 1.11 bits per heavy atom. The van der Waals surface area contributed by atoms with E-state index in [0.29, 0.717) is 12.6 Å². The monoisotopic (exact) mass is 487 g/mol. The minimum absolute atomic E-state index is 0.0627. The lowest BCUT2D eigenvalue weighted by molar-refractivity contribution is -0.118. The van der Waals surface area contributed by atoms with E-state index in [2.05, 4.69) is 42.4 Å². The van der Waals surface area contributed by atoms with Crippen LogP contribution in [0.25, 0.3) is 0 Å². The van der Waals surface area contributed by atoms with Gasteiger partial charge in [-0.15, -0.1) is 0 Å². The number of carbonyl (C=O) groups is 2. The number of anilines is 1. The topological polar surface area (TPSA) is 81.7 Å². The first-order valence-corrected chi connectivity index (χ1v) is 12.8. The Balaban J connectivity index is 0.000000660. The molecule has 0 radical (unpaired) electrons. The highest BCUT2D eigenvalue weighted by Gasteiger charge is 2.20. The van der Waals surface area contributed by atoms with Crippen LogP contribution in [0.2, 0.25) is 0 Å². The van der Waals surface area contributed by atoms with E-state index in [1.807, 2.05) is 45.2 Å². The maximum Gasteiger partial charge on any atom is 0.159 e. The van der Waals surface area contributed by atoms with Crippen molar-refractivity contribution >= 4 is 17.3 Å². The summed E-state index contributed by atoms with van der Waals surface area (Å²) in [6, 6.07) is 6.42. The van der Waals surface area contributed by atoms with Gasteiger partial charge in [0.2, 0.25) is 0 Å². The summed E-state index contributed by atoms with van der Waals surface area (Å²) in [4.78, 5) is 24.4. The van der Waals surface area contributed by atoms with Gasteiger partial charge < -0.3 is 15.7 Å².